The molecule has 5 heteroatoms. The van der Waals surface area contributed by atoms with Gasteiger partial charge in [-0.1, -0.05) is 12.1 Å². The predicted octanol–water partition coefficient (Wildman–Crippen LogP) is 2.83. The van der Waals surface area contributed by atoms with Crippen LogP contribution in [-0.2, 0) is 16.0 Å². The minimum absolute atomic E-state index is 0.0996. The highest BCUT2D eigenvalue weighted by molar-refractivity contribution is 5.93. The third kappa shape index (κ3) is 4.63. The fraction of sp³-hybridized carbons (Fsp3) is 0.176. The van der Waals surface area contributed by atoms with Crippen molar-refractivity contribution in [3.63, 3.8) is 0 Å². The number of ether oxygens (including phenoxy) is 1. The van der Waals surface area contributed by atoms with Crippen LogP contribution in [0.25, 0.3) is 0 Å². The Morgan fingerprint density at radius 2 is 1.45 bits per heavy atom. The quantitative estimate of drug-likeness (QED) is 0.892. The lowest BCUT2D eigenvalue weighted by molar-refractivity contribution is -0.116. The van der Waals surface area contributed by atoms with Crippen molar-refractivity contribution in [1.29, 1.82) is 0 Å². The van der Waals surface area contributed by atoms with Gasteiger partial charge in [-0.2, -0.15) is 0 Å². The van der Waals surface area contributed by atoms with Crippen LogP contribution in [0.5, 0.6) is 5.75 Å². The highest BCUT2D eigenvalue weighted by atomic mass is 16.5. The molecule has 5 nitrogen and oxygen atoms in total. The van der Waals surface area contributed by atoms with E-state index in [1.54, 1.807) is 31.4 Å². The number of hydrogen-bond acceptors (Lipinski definition) is 3. The molecule has 2 amide bonds. The fourth-order valence-corrected chi connectivity index (χ4v) is 1.97. The number of benzene rings is 2. The molecule has 22 heavy (non-hydrogen) atoms. The summed E-state index contributed by atoms with van der Waals surface area (Å²) in [5, 5.41) is 5.49. The Hall–Kier alpha value is -2.82. The van der Waals surface area contributed by atoms with Crippen LogP contribution in [0, 0.1) is 0 Å². The summed E-state index contributed by atoms with van der Waals surface area (Å²) in [5.41, 5.74) is 2.29. The first kappa shape index (κ1) is 15.6. The maximum Gasteiger partial charge on any atom is 0.228 e. The maximum atomic E-state index is 12.0. The van der Waals surface area contributed by atoms with Gasteiger partial charge in [-0.25, -0.2) is 0 Å². The smallest absolute Gasteiger partial charge is 0.228 e. The lowest BCUT2D eigenvalue weighted by Gasteiger charge is -2.07. The number of nitrogens with one attached hydrogen (secondary N) is 2. The lowest BCUT2D eigenvalue weighted by Crippen LogP contribution is -2.14. The Morgan fingerprint density at radius 1 is 0.909 bits per heavy atom. The molecule has 0 bridgehead atoms. The Kier molecular flexibility index (Phi) is 5.14. The molecular weight excluding hydrogens is 280 g/mol. The Bertz CT molecular complexity index is 649. The molecule has 2 rings (SSSR count). The van der Waals surface area contributed by atoms with Gasteiger partial charge in [0.05, 0.1) is 13.5 Å². The minimum Gasteiger partial charge on any atom is -0.497 e. The standard InChI is InChI=1S/C17H18N2O3/c1-12(20)18-14-5-7-15(8-6-14)19-17(21)11-13-3-9-16(22-2)10-4-13/h3-10H,11H2,1-2H3,(H,18,20)(H,19,21). The molecule has 114 valence electrons. The molecule has 0 fully saturated rings. The van der Waals surface area contributed by atoms with E-state index in [-0.39, 0.29) is 18.2 Å². The second kappa shape index (κ2) is 7.26. The van der Waals surface area contributed by atoms with E-state index in [0.29, 0.717) is 11.4 Å². The van der Waals surface area contributed by atoms with E-state index < -0.39 is 0 Å². The van der Waals surface area contributed by atoms with Crippen LogP contribution in [0.15, 0.2) is 48.5 Å². The number of carbonyl (C=O) groups is 2. The van der Waals surface area contributed by atoms with Crippen LogP contribution >= 0.6 is 0 Å². The normalized spacial score (nSPS) is 9.91. The van der Waals surface area contributed by atoms with Crippen molar-refractivity contribution in [3.05, 3.63) is 54.1 Å². The number of carbonyl (C=O) groups excluding carboxylic acids is 2. The van der Waals surface area contributed by atoms with Gasteiger partial charge in [0.1, 0.15) is 5.75 Å². The number of hydrogen-bond donors (Lipinski definition) is 2. The van der Waals surface area contributed by atoms with E-state index in [0.717, 1.165) is 11.3 Å². The van der Waals surface area contributed by atoms with Crippen molar-refractivity contribution in [3.8, 4) is 5.75 Å². The molecule has 0 aromatic heterocycles. The molecule has 0 spiro atoms. The molecule has 0 aliphatic heterocycles. The van der Waals surface area contributed by atoms with Gasteiger partial charge in [0.15, 0.2) is 0 Å². The van der Waals surface area contributed by atoms with Crippen molar-refractivity contribution < 1.29 is 14.3 Å². The van der Waals surface area contributed by atoms with Crippen LogP contribution in [0.3, 0.4) is 0 Å². The second-order valence-corrected chi connectivity index (χ2v) is 4.83. The third-order valence-electron chi connectivity index (χ3n) is 3.01. The zero-order valence-corrected chi connectivity index (χ0v) is 12.6. The summed E-state index contributed by atoms with van der Waals surface area (Å²) >= 11 is 0. The summed E-state index contributed by atoms with van der Waals surface area (Å²) in [6, 6.07) is 14.3. The lowest BCUT2D eigenvalue weighted by atomic mass is 10.1. The summed E-state index contributed by atoms with van der Waals surface area (Å²) in [5.74, 6) is 0.534. The highest BCUT2D eigenvalue weighted by Gasteiger charge is 2.05. The zero-order chi connectivity index (χ0) is 15.9. The molecule has 2 N–H and O–H groups in total. The van der Waals surface area contributed by atoms with Crippen LogP contribution in [0.1, 0.15) is 12.5 Å². The number of rotatable bonds is 5. The van der Waals surface area contributed by atoms with Crippen molar-refractivity contribution >= 4 is 23.2 Å². The molecule has 2 aromatic carbocycles. The van der Waals surface area contributed by atoms with E-state index in [4.69, 9.17) is 4.74 Å². The molecule has 0 aliphatic carbocycles. The third-order valence-corrected chi connectivity index (χ3v) is 3.01. The van der Waals surface area contributed by atoms with E-state index >= 15 is 0 Å². The molecule has 0 heterocycles. The molecule has 2 aromatic rings. The predicted molar refractivity (Wildman–Crippen MR) is 86.1 cm³/mol. The van der Waals surface area contributed by atoms with E-state index in [9.17, 15) is 9.59 Å². The van der Waals surface area contributed by atoms with Gasteiger partial charge in [0, 0.05) is 18.3 Å². The van der Waals surface area contributed by atoms with E-state index in [1.807, 2.05) is 24.3 Å². The first-order valence-electron chi connectivity index (χ1n) is 6.87. The van der Waals surface area contributed by atoms with Crippen LogP contribution in [0.4, 0.5) is 11.4 Å². The monoisotopic (exact) mass is 298 g/mol. The average molecular weight is 298 g/mol. The maximum absolute atomic E-state index is 12.0. The summed E-state index contributed by atoms with van der Waals surface area (Å²) in [4.78, 5) is 22.9. The summed E-state index contributed by atoms with van der Waals surface area (Å²) < 4.78 is 5.08. The highest BCUT2D eigenvalue weighted by Crippen LogP contribution is 2.15. The summed E-state index contributed by atoms with van der Waals surface area (Å²) in [7, 11) is 1.60. The van der Waals surface area contributed by atoms with E-state index in [1.165, 1.54) is 6.92 Å². The number of methoxy groups -OCH3 is 1. The largest absolute Gasteiger partial charge is 0.497 e. The molecule has 0 atom stereocenters. The Balaban J connectivity index is 1.92. The SMILES string of the molecule is COc1ccc(CC(=O)Nc2ccc(NC(C)=O)cc2)cc1. The molecular formula is C17H18N2O3. The average Bonchev–Trinajstić information content (AvgIpc) is 2.49. The Morgan fingerprint density at radius 3 is 1.95 bits per heavy atom. The Labute approximate surface area is 129 Å². The van der Waals surface area contributed by atoms with Gasteiger partial charge >= 0.3 is 0 Å². The number of anilines is 2. The first-order chi connectivity index (χ1) is 10.6. The zero-order valence-electron chi connectivity index (χ0n) is 12.6. The first-order valence-corrected chi connectivity index (χ1v) is 6.87. The van der Waals surface area contributed by atoms with Gasteiger partial charge < -0.3 is 15.4 Å². The van der Waals surface area contributed by atoms with E-state index in [2.05, 4.69) is 10.6 Å². The van der Waals surface area contributed by atoms with Crippen molar-refractivity contribution in [2.24, 2.45) is 0 Å². The van der Waals surface area contributed by atoms with Gasteiger partial charge in [-0.05, 0) is 42.0 Å². The van der Waals surface area contributed by atoms with Crippen molar-refractivity contribution in [2.75, 3.05) is 17.7 Å². The summed E-state index contributed by atoms with van der Waals surface area (Å²) in [6.45, 7) is 1.45. The van der Waals surface area contributed by atoms with Gasteiger partial charge in [-0.3, -0.25) is 9.59 Å². The number of amides is 2. The van der Waals surface area contributed by atoms with Gasteiger partial charge in [0.25, 0.3) is 0 Å². The van der Waals surface area contributed by atoms with Crippen LogP contribution in [0.2, 0.25) is 0 Å². The second-order valence-electron chi connectivity index (χ2n) is 4.83. The molecule has 0 saturated heterocycles. The molecule has 0 radical (unpaired) electrons. The van der Waals surface area contributed by atoms with Gasteiger partial charge in [0.2, 0.25) is 11.8 Å². The topological polar surface area (TPSA) is 67.4 Å². The van der Waals surface area contributed by atoms with Crippen molar-refractivity contribution in [1.82, 2.24) is 0 Å². The molecule has 0 aliphatic rings. The summed E-state index contributed by atoms with van der Waals surface area (Å²) in [6.07, 6.45) is 0.289. The van der Waals surface area contributed by atoms with Crippen LogP contribution < -0.4 is 15.4 Å². The van der Waals surface area contributed by atoms with Crippen molar-refractivity contribution in [2.45, 2.75) is 13.3 Å². The van der Waals surface area contributed by atoms with Crippen LogP contribution in [-0.4, -0.2) is 18.9 Å². The van der Waals surface area contributed by atoms with Gasteiger partial charge in [-0.15, -0.1) is 0 Å². The fourth-order valence-electron chi connectivity index (χ4n) is 1.97. The molecule has 0 saturated carbocycles. The molecule has 0 unspecified atom stereocenters. The minimum atomic E-state index is -0.128.